The van der Waals surface area contributed by atoms with Gasteiger partial charge in [-0.25, -0.2) is 0 Å². The minimum absolute atomic E-state index is 0.0212. The number of nitrogens with zero attached hydrogens (tertiary/aromatic N) is 1. The molecule has 1 aromatic carbocycles. The summed E-state index contributed by atoms with van der Waals surface area (Å²) in [4.78, 5) is 14.5. The van der Waals surface area contributed by atoms with Crippen LogP contribution in [0.2, 0.25) is 5.02 Å². The van der Waals surface area contributed by atoms with Gasteiger partial charge in [-0.1, -0.05) is 11.6 Å². The second-order valence-corrected chi connectivity index (χ2v) is 6.52. The summed E-state index contributed by atoms with van der Waals surface area (Å²) >= 11 is 8.03. The van der Waals surface area contributed by atoms with Crippen LogP contribution in [0.4, 0.5) is 0 Å². The maximum atomic E-state index is 12.1. The molecule has 1 heterocycles. The first kappa shape index (κ1) is 15.1. The molecule has 19 heavy (non-hydrogen) atoms. The number of benzene rings is 1. The second-order valence-electron chi connectivity index (χ2n) is 4.93. The van der Waals surface area contributed by atoms with Crippen LogP contribution < -0.4 is 5.32 Å². The summed E-state index contributed by atoms with van der Waals surface area (Å²) < 4.78 is 0.886. The van der Waals surface area contributed by atoms with Gasteiger partial charge in [0.05, 0.1) is 5.56 Å². The Morgan fingerprint density at radius 1 is 1.47 bits per heavy atom. The van der Waals surface area contributed by atoms with Gasteiger partial charge in [0.15, 0.2) is 0 Å². The van der Waals surface area contributed by atoms with E-state index < -0.39 is 0 Å². The Hall–Kier alpha value is -0.330. The number of hydrogen-bond acceptors (Lipinski definition) is 2. The lowest BCUT2D eigenvalue weighted by atomic mass is 10.2. The van der Waals surface area contributed by atoms with Gasteiger partial charge >= 0.3 is 0 Å². The van der Waals surface area contributed by atoms with E-state index in [9.17, 15) is 4.79 Å². The molecular formula is C14H18ClIN2O. The normalized spacial score (nSPS) is 17.4. The van der Waals surface area contributed by atoms with E-state index in [1.807, 2.05) is 0 Å². The molecule has 104 valence electrons. The van der Waals surface area contributed by atoms with Gasteiger partial charge in [-0.2, -0.15) is 0 Å². The summed E-state index contributed by atoms with van der Waals surface area (Å²) in [6.45, 7) is 5.15. The fourth-order valence-corrected chi connectivity index (χ4v) is 3.44. The zero-order chi connectivity index (χ0) is 13.8. The lowest BCUT2D eigenvalue weighted by molar-refractivity contribution is 0.0939. The molecule has 1 aliphatic rings. The standard InChI is InChI=1S/C14H18ClIN2O/c1-10(18-6-2-3-7-18)9-17-14(19)12-5-4-11(15)8-13(12)16/h4-5,8,10H,2-3,6-7,9H2,1H3,(H,17,19)/t10-/m1/s1. The summed E-state index contributed by atoms with van der Waals surface area (Å²) in [5, 5.41) is 3.67. The Labute approximate surface area is 132 Å². The first-order chi connectivity index (χ1) is 9.08. The fourth-order valence-electron chi connectivity index (χ4n) is 2.32. The van der Waals surface area contributed by atoms with Crippen LogP contribution in [0.15, 0.2) is 18.2 Å². The number of amides is 1. The fraction of sp³-hybridized carbons (Fsp3) is 0.500. The van der Waals surface area contributed by atoms with Crippen LogP contribution in [-0.4, -0.2) is 36.5 Å². The molecule has 0 spiro atoms. The molecule has 0 aromatic heterocycles. The molecule has 1 N–H and O–H groups in total. The molecule has 0 aliphatic carbocycles. The molecule has 5 heteroatoms. The van der Waals surface area contributed by atoms with Crippen LogP contribution >= 0.6 is 34.2 Å². The predicted molar refractivity (Wildman–Crippen MR) is 86.8 cm³/mol. The van der Waals surface area contributed by atoms with E-state index in [-0.39, 0.29) is 5.91 Å². The average molecular weight is 393 g/mol. The lowest BCUT2D eigenvalue weighted by Crippen LogP contribution is -2.40. The highest BCUT2D eigenvalue weighted by Gasteiger charge is 2.19. The van der Waals surface area contributed by atoms with Crippen molar-refractivity contribution in [2.75, 3.05) is 19.6 Å². The first-order valence-corrected chi connectivity index (χ1v) is 8.01. The molecule has 1 saturated heterocycles. The SMILES string of the molecule is C[C@H](CNC(=O)c1ccc(Cl)cc1I)N1CCCC1. The van der Waals surface area contributed by atoms with Crippen molar-refractivity contribution in [1.82, 2.24) is 10.2 Å². The summed E-state index contributed by atoms with van der Waals surface area (Å²) in [6.07, 6.45) is 2.54. The third kappa shape index (κ3) is 4.07. The number of nitrogens with one attached hydrogen (secondary N) is 1. The van der Waals surface area contributed by atoms with Gasteiger partial charge in [0.2, 0.25) is 0 Å². The van der Waals surface area contributed by atoms with Crippen molar-refractivity contribution in [3.8, 4) is 0 Å². The molecule has 2 rings (SSSR count). The highest BCUT2D eigenvalue weighted by atomic mass is 127. The zero-order valence-corrected chi connectivity index (χ0v) is 13.9. The highest BCUT2D eigenvalue weighted by molar-refractivity contribution is 14.1. The Balaban J connectivity index is 1.90. The summed E-state index contributed by atoms with van der Waals surface area (Å²) in [5.41, 5.74) is 0.693. The van der Waals surface area contributed by atoms with Crippen molar-refractivity contribution >= 4 is 40.1 Å². The van der Waals surface area contributed by atoms with Crippen molar-refractivity contribution in [2.24, 2.45) is 0 Å². The molecule has 0 bridgehead atoms. The average Bonchev–Trinajstić information content (AvgIpc) is 2.89. The zero-order valence-electron chi connectivity index (χ0n) is 11.0. The summed E-state index contributed by atoms with van der Waals surface area (Å²) in [5.74, 6) is -0.0212. The van der Waals surface area contributed by atoms with E-state index in [0.717, 1.165) is 16.7 Å². The monoisotopic (exact) mass is 392 g/mol. The smallest absolute Gasteiger partial charge is 0.252 e. The van der Waals surface area contributed by atoms with Crippen LogP contribution in [-0.2, 0) is 0 Å². The molecule has 0 saturated carbocycles. The van der Waals surface area contributed by atoms with Crippen molar-refractivity contribution in [2.45, 2.75) is 25.8 Å². The van der Waals surface area contributed by atoms with Crippen molar-refractivity contribution < 1.29 is 4.79 Å². The molecule has 1 atom stereocenters. The highest BCUT2D eigenvalue weighted by Crippen LogP contribution is 2.18. The third-order valence-electron chi connectivity index (χ3n) is 3.50. The van der Waals surface area contributed by atoms with E-state index in [0.29, 0.717) is 23.2 Å². The van der Waals surface area contributed by atoms with E-state index in [2.05, 4.69) is 39.7 Å². The maximum Gasteiger partial charge on any atom is 0.252 e. The Morgan fingerprint density at radius 3 is 2.79 bits per heavy atom. The van der Waals surface area contributed by atoms with E-state index in [1.165, 1.54) is 12.8 Å². The van der Waals surface area contributed by atoms with Crippen LogP contribution in [0.5, 0.6) is 0 Å². The van der Waals surface area contributed by atoms with Crippen LogP contribution in [0.3, 0.4) is 0 Å². The first-order valence-electron chi connectivity index (χ1n) is 6.55. The van der Waals surface area contributed by atoms with E-state index >= 15 is 0 Å². The van der Waals surface area contributed by atoms with Crippen molar-refractivity contribution in [3.05, 3.63) is 32.4 Å². The van der Waals surface area contributed by atoms with Gasteiger partial charge in [0, 0.05) is 21.2 Å². The van der Waals surface area contributed by atoms with Gasteiger partial charge in [-0.15, -0.1) is 0 Å². The minimum atomic E-state index is -0.0212. The van der Waals surface area contributed by atoms with Gasteiger partial charge in [-0.05, 0) is 73.6 Å². The molecule has 1 aromatic rings. The molecule has 1 aliphatic heterocycles. The topological polar surface area (TPSA) is 32.3 Å². The summed E-state index contributed by atoms with van der Waals surface area (Å²) in [6, 6.07) is 5.74. The molecule has 1 amide bonds. The van der Waals surface area contributed by atoms with Crippen LogP contribution in [0, 0.1) is 3.57 Å². The lowest BCUT2D eigenvalue weighted by Gasteiger charge is -2.23. The number of halogens is 2. The van der Waals surface area contributed by atoms with Gasteiger partial charge in [-0.3, -0.25) is 9.69 Å². The quantitative estimate of drug-likeness (QED) is 0.798. The van der Waals surface area contributed by atoms with E-state index in [1.54, 1.807) is 18.2 Å². The number of carbonyl (C=O) groups excluding carboxylic acids is 1. The minimum Gasteiger partial charge on any atom is -0.350 e. The molecular weight excluding hydrogens is 375 g/mol. The number of rotatable bonds is 4. The van der Waals surface area contributed by atoms with Crippen LogP contribution in [0.25, 0.3) is 0 Å². The molecule has 3 nitrogen and oxygen atoms in total. The molecule has 0 unspecified atom stereocenters. The number of carbonyl (C=O) groups is 1. The molecule has 1 fully saturated rings. The van der Waals surface area contributed by atoms with Gasteiger partial charge < -0.3 is 5.32 Å². The summed E-state index contributed by atoms with van der Waals surface area (Å²) in [7, 11) is 0. The van der Waals surface area contributed by atoms with Crippen LogP contribution in [0.1, 0.15) is 30.1 Å². The predicted octanol–water partition coefficient (Wildman–Crippen LogP) is 3.16. The Morgan fingerprint density at radius 2 is 2.16 bits per heavy atom. The Kier molecular flexibility index (Phi) is 5.47. The van der Waals surface area contributed by atoms with Crippen molar-refractivity contribution in [1.29, 1.82) is 0 Å². The third-order valence-corrected chi connectivity index (χ3v) is 4.63. The van der Waals surface area contributed by atoms with Crippen molar-refractivity contribution in [3.63, 3.8) is 0 Å². The van der Waals surface area contributed by atoms with Gasteiger partial charge in [0.1, 0.15) is 0 Å². The Bertz CT molecular complexity index is 461. The van der Waals surface area contributed by atoms with Gasteiger partial charge in [0.25, 0.3) is 5.91 Å². The number of likely N-dealkylation sites (tertiary alicyclic amines) is 1. The maximum absolute atomic E-state index is 12.1. The van der Waals surface area contributed by atoms with E-state index in [4.69, 9.17) is 11.6 Å². The largest absolute Gasteiger partial charge is 0.350 e. The molecule has 0 radical (unpaired) electrons. The second kappa shape index (κ2) is 6.90. The number of hydrogen-bond donors (Lipinski definition) is 1.